The van der Waals surface area contributed by atoms with Gasteiger partial charge in [-0.2, -0.15) is 4.98 Å². The van der Waals surface area contributed by atoms with Crippen LogP contribution in [0.1, 0.15) is 24.2 Å². The summed E-state index contributed by atoms with van der Waals surface area (Å²) in [6, 6.07) is 5.61. The normalized spacial score (nSPS) is 13.9. The molecule has 7 nitrogen and oxygen atoms in total. The standard InChI is InChI=1S/C19H21N5O2/c1-11(2)8-22-19-23-10-15-14(9-21-17(15)24-19)12-3-4-13-16(7-12)26-6-5-20-18(13)25/h3-4,7,9-11H,5-6,8H2,1-2H3,(H,20,25)(H2,21,22,23,24). The zero-order valence-electron chi connectivity index (χ0n) is 14.8. The Bertz CT molecular complexity index is 964. The number of amides is 1. The summed E-state index contributed by atoms with van der Waals surface area (Å²) in [7, 11) is 0. The van der Waals surface area contributed by atoms with Crippen LogP contribution in [0.25, 0.3) is 22.2 Å². The molecule has 0 unspecified atom stereocenters. The smallest absolute Gasteiger partial charge is 0.255 e. The number of aromatic nitrogens is 3. The Labute approximate surface area is 151 Å². The predicted molar refractivity (Wildman–Crippen MR) is 100 cm³/mol. The summed E-state index contributed by atoms with van der Waals surface area (Å²) in [4.78, 5) is 24.2. The molecule has 2 aromatic heterocycles. The second-order valence-electron chi connectivity index (χ2n) is 6.75. The quantitative estimate of drug-likeness (QED) is 0.672. The number of benzene rings is 1. The van der Waals surface area contributed by atoms with Crippen molar-refractivity contribution in [2.24, 2.45) is 5.92 Å². The second kappa shape index (κ2) is 6.67. The lowest BCUT2D eigenvalue weighted by Crippen LogP contribution is -2.24. The van der Waals surface area contributed by atoms with E-state index >= 15 is 0 Å². The first kappa shape index (κ1) is 16.4. The van der Waals surface area contributed by atoms with Crippen molar-refractivity contribution in [2.45, 2.75) is 13.8 Å². The van der Waals surface area contributed by atoms with Crippen molar-refractivity contribution in [1.82, 2.24) is 20.3 Å². The van der Waals surface area contributed by atoms with Crippen LogP contribution >= 0.6 is 0 Å². The Morgan fingerprint density at radius 2 is 2.19 bits per heavy atom. The van der Waals surface area contributed by atoms with Crippen molar-refractivity contribution in [3.8, 4) is 16.9 Å². The van der Waals surface area contributed by atoms with Crippen molar-refractivity contribution >= 4 is 22.9 Å². The van der Waals surface area contributed by atoms with Gasteiger partial charge in [0, 0.05) is 29.9 Å². The average Bonchev–Trinajstić information content (AvgIpc) is 2.97. The molecule has 1 aliphatic rings. The Hall–Kier alpha value is -3.09. The van der Waals surface area contributed by atoms with Crippen molar-refractivity contribution in [3.63, 3.8) is 0 Å². The number of hydrogen-bond acceptors (Lipinski definition) is 5. The Morgan fingerprint density at radius 1 is 1.31 bits per heavy atom. The van der Waals surface area contributed by atoms with Gasteiger partial charge in [-0.1, -0.05) is 19.9 Å². The maximum atomic E-state index is 12.0. The predicted octanol–water partition coefficient (Wildman–Crippen LogP) is 2.81. The van der Waals surface area contributed by atoms with Gasteiger partial charge in [-0.3, -0.25) is 4.79 Å². The van der Waals surface area contributed by atoms with Gasteiger partial charge < -0.3 is 20.4 Å². The topological polar surface area (TPSA) is 91.9 Å². The van der Waals surface area contributed by atoms with Crippen molar-refractivity contribution in [1.29, 1.82) is 0 Å². The van der Waals surface area contributed by atoms with Crippen molar-refractivity contribution in [2.75, 3.05) is 25.0 Å². The number of aromatic amines is 1. The summed E-state index contributed by atoms with van der Waals surface area (Å²) in [5, 5.41) is 6.97. The highest BCUT2D eigenvalue weighted by Gasteiger charge is 2.18. The van der Waals surface area contributed by atoms with E-state index < -0.39 is 0 Å². The maximum absolute atomic E-state index is 12.0. The lowest BCUT2D eigenvalue weighted by Gasteiger charge is -2.08. The van der Waals surface area contributed by atoms with Gasteiger partial charge >= 0.3 is 0 Å². The monoisotopic (exact) mass is 351 g/mol. The molecule has 1 aliphatic heterocycles. The average molecular weight is 351 g/mol. The van der Waals surface area contributed by atoms with Crippen LogP contribution in [0, 0.1) is 5.92 Å². The molecule has 3 aromatic rings. The molecule has 1 aromatic carbocycles. The Morgan fingerprint density at radius 3 is 3.04 bits per heavy atom. The number of hydrogen-bond donors (Lipinski definition) is 3. The first-order valence-corrected chi connectivity index (χ1v) is 8.75. The van der Waals surface area contributed by atoms with E-state index in [9.17, 15) is 4.79 Å². The Balaban J connectivity index is 1.69. The minimum absolute atomic E-state index is 0.104. The van der Waals surface area contributed by atoms with Gasteiger partial charge in [-0.15, -0.1) is 0 Å². The van der Waals surface area contributed by atoms with E-state index in [1.807, 2.05) is 24.5 Å². The molecular formula is C19H21N5O2. The molecule has 0 bridgehead atoms. The third-order valence-corrected chi connectivity index (χ3v) is 4.28. The van der Waals surface area contributed by atoms with Crippen LogP contribution in [0.5, 0.6) is 5.75 Å². The summed E-state index contributed by atoms with van der Waals surface area (Å²) in [5.74, 6) is 1.63. The van der Waals surface area contributed by atoms with Crippen LogP contribution in [-0.2, 0) is 0 Å². The highest BCUT2D eigenvalue weighted by atomic mass is 16.5. The first-order valence-electron chi connectivity index (χ1n) is 8.75. The molecule has 0 atom stereocenters. The van der Waals surface area contributed by atoms with Crippen LogP contribution in [0.3, 0.4) is 0 Å². The minimum atomic E-state index is -0.104. The highest BCUT2D eigenvalue weighted by Crippen LogP contribution is 2.32. The first-order chi connectivity index (χ1) is 12.6. The third kappa shape index (κ3) is 3.08. The summed E-state index contributed by atoms with van der Waals surface area (Å²) in [5.41, 5.74) is 3.26. The molecule has 0 saturated heterocycles. The molecule has 0 saturated carbocycles. The lowest BCUT2D eigenvalue weighted by molar-refractivity contribution is 0.0957. The molecule has 0 spiro atoms. The molecule has 134 valence electrons. The van der Waals surface area contributed by atoms with Crippen molar-refractivity contribution < 1.29 is 9.53 Å². The zero-order valence-corrected chi connectivity index (χ0v) is 14.8. The van der Waals surface area contributed by atoms with E-state index in [1.54, 1.807) is 6.07 Å². The minimum Gasteiger partial charge on any atom is -0.491 e. The Kier molecular flexibility index (Phi) is 4.20. The fourth-order valence-corrected chi connectivity index (χ4v) is 2.94. The number of fused-ring (bicyclic) bond motifs is 2. The van der Waals surface area contributed by atoms with E-state index in [2.05, 4.69) is 39.4 Å². The van der Waals surface area contributed by atoms with Gasteiger partial charge in [0.05, 0.1) is 12.1 Å². The fraction of sp³-hybridized carbons (Fsp3) is 0.316. The summed E-state index contributed by atoms with van der Waals surface area (Å²) in [6.45, 7) is 6.07. The van der Waals surface area contributed by atoms with Crippen LogP contribution in [0.4, 0.5) is 5.95 Å². The van der Waals surface area contributed by atoms with Gasteiger partial charge in [-0.25, -0.2) is 4.98 Å². The van der Waals surface area contributed by atoms with Gasteiger partial charge in [-0.05, 0) is 23.6 Å². The molecule has 3 N–H and O–H groups in total. The van der Waals surface area contributed by atoms with Crippen molar-refractivity contribution in [3.05, 3.63) is 36.2 Å². The van der Waals surface area contributed by atoms with Gasteiger partial charge in [0.25, 0.3) is 5.91 Å². The highest BCUT2D eigenvalue weighted by molar-refractivity contribution is 5.99. The van der Waals surface area contributed by atoms with E-state index in [0.717, 1.165) is 28.7 Å². The van der Waals surface area contributed by atoms with E-state index in [4.69, 9.17) is 4.74 Å². The van der Waals surface area contributed by atoms with Crippen LogP contribution in [-0.4, -0.2) is 40.6 Å². The lowest BCUT2D eigenvalue weighted by atomic mass is 10.0. The maximum Gasteiger partial charge on any atom is 0.255 e. The van der Waals surface area contributed by atoms with E-state index in [1.165, 1.54) is 0 Å². The largest absolute Gasteiger partial charge is 0.491 e. The molecular weight excluding hydrogens is 330 g/mol. The zero-order chi connectivity index (χ0) is 18.1. The summed E-state index contributed by atoms with van der Waals surface area (Å²) >= 11 is 0. The second-order valence-corrected chi connectivity index (χ2v) is 6.75. The number of nitrogens with one attached hydrogen (secondary N) is 3. The number of carbonyl (C=O) groups excluding carboxylic acids is 1. The number of ether oxygens (including phenoxy) is 1. The number of nitrogens with zero attached hydrogens (tertiary/aromatic N) is 2. The molecule has 0 aliphatic carbocycles. The molecule has 0 fully saturated rings. The number of rotatable bonds is 4. The van der Waals surface area contributed by atoms with Gasteiger partial charge in [0.1, 0.15) is 18.0 Å². The molecule has 26 heavy (non-hydrogen) atoms. The summed E-state index contributed by atoms with van der Waals surface area (Å²) < 4.78 is 5.71. The molecule has 4 rings (SSSR count). The number of H-pyrrole nitrogens is 1. The molecule has 1 amide bonds. The van der Waals surface area contributed by atoms with Gasteiger partial charge in [0.15, 0.2) is 0 Å². The van der Waals surface area contributed by atoms with Gasteiger partial charge in [0.2, 0.25) is 5.95 Å². The fourth-order valence-electron chi connectivity index (χ4n) is 2.94. The van der Waals surface area contributed by atoms with Crippen LogP contribution in [0.2, 0.25) is 0 Å². The molecule has 0 radical (unpaired) electrons. The van der Waals surface area contributed by atoms with E-state index in [0.29, 0.717) is 36.3 Å². The molecule has 3 heterocycles. The SMILES string of the molecule is CC(C)CNc1ncc2c(-c3ccc4c(c3)OCCNC4=O)c[nH]c2n1. The molecule has 7 heteroatoms. The summed E-state index contributed by atoms with van der Waals surface area (Å²) in [6.07, 6.45) is 3.72. The van der Waals surface area contributed by atoms with Crippen LogP contribution in [0.15, 0.2) is 30.6 Å². The number of carbonyl (C=O) groups is 1. The third-order valence-electron chi connectivity index (χ3n) is 4.28. The van der Waals surface area contributed by atoms with E-state index in [-0.39, 0.29) is 5.91 Å². The number of anilines is 1. The van der Waals surface area contributed by atoms with Crippen LogP contribution < -0.4 is 15.4 Å².